The molecule has 0 spiro atoms. The van der Waals surface area contributed by atoms with E-state index in [-0.39, 0.29) is 6.61 Å². The van der Waals surface area contributed by atoms with Crippen molar-refractivity contribution >= 4 is 5.97 Å². The van der Waals surface area contributed by atoms with Crippen molar-refractivity contribution in [2.45, 2.75) is 6.92 Å². The van der Waals surface area contributed by atoms with E-state index >= 15 is 0 Å². The third-order valence-electron chi connectivity index (χ3n) is 1.98. The Kier molecular flexibility index (Phi) is 6.06. The van der Waals surface area contributed by atoms with Crippen molar-refractivity contribution < 1.29 is 24.0 Å². The van der Waals surface area contributed by atoms with Crippen molar-refractivity contribution in [1.82, 2.24) is 0 Å². The van der Waals surface area contributed by atoms with Crippen LogP contribution in [-0.4, -0.2) is 32.9 Å². The molecule has 0 fully saturated rings. The van der Waals surface area contributed by atoms with Crippen LogP contribution in [0.3, 0.4) is 0 Å². The summed E-state index contributed by atoms with van der Waals surface area (Å²) in [4.78, 5) is 20.7. The van der Waals surface area contributed by atoms with E-state index in [9.17, 15) is 4.79 Å². The second-order valence-corrected chi connectivity index (χ2v) is 3.12. The molecule has 0 N–H and O–H groups in total. The maximum absolute atomic E-state index is 11.4. The Morgan fingerprint density at radius 2 is 1.88 bits per heavy atom. The number of carbonyl (C=O) groups excluding carboxylic acids is 1. The Bertz CT molecular complexity index is 333. The summed E-state index contributed by atoms with van der Waals surface area (Å²) in [6, 6.07) is 6.56. The van der Waals surface area contributed by atoms with Gasteiger partial charge in [-0.1, -0.05) is 0 Å². The molecular weight excluding hydrogens is 224 g/mol. The minimum Gasteiger partial charge on any atom is -0.497 e. The van der Waals surface area contributed by atoms with Gasteiger partial charge >= 0.3 is 5.97 Å². The predicted molar refractivity (Wildman–Crippen MR) is 60.9 cm³/mol. The summed E-state index contributed by atoms with van der Waals surface area (Å²) in [7, 11) is 1.56. The number of methoxy groups -OCH3 is 1. The molecule has 1 rings (SSSR count). The van der Waals surface area contributed by atoms with E-state index in [1.165, 1.54) is 0 Å². The van der Waals surface area contributed by atoms with E-state index < -0.39 is 5.97 Å². The van der Waals surface area contributed by atoms with Crippen LogP contribution >= 0.6 is 0 Å². The average Bonchev–Trinajstić information content (AvgIpc) is 2.38. The SMILES string of the molecule is CCOCCOOC(=O)c1ccc(OC)cc1. The van der Waals surface area contributed by atoms with Crippen molar-refractivity contribution in [3.8, 4) is 5.75 Å². The van der Waals surface area contributed by atoms with Crippen molar-refractivity contribution in [3.63, 3.8) is 0 Å². The highest BCUT2D eigenvalue weighted by Crippen LogP contribution is 2.11. The van der Waals surface area contributed by atoms with Crippen molar-refractivity contribution in [2.24, 2.45) is 0 Å². The van der Waals surface area contributed by atoms with Gasteiger partial charge in [-0.3, -0.25) is 4.89 Å². The Morgan fingerprint density at radius 1 is 1.18 bits per heavy atom. The molecule has 5 nitrogen and oxygen atoms in total. The van der Waals surface area contributed by atoms with Crippen LogP contribution in [0.15, 0.2) is 24.3 Å². The number of rotatable bonds is 7. The van der Waals surface area contributed by atoms with Crippen LogP contribution in [-0.2, 0) is 14.5 Å². The molecule has 1 aromatic rings. The molecule has 0 bridgehead atoms. The smallest absolute Gasteiger partial charge is 0.373 e. The molecule has 17 heavy (non-hydrogen) atoms. The topological polar surface area (TPSA) is 54.0 Å². The first-order valence-electron chi connectivity index (χ1n) is 5.33. The largest absolute Gasteiger partial charge is 0.497 e. The fraction of sp³-hybridized carbons (Fsp3) is 0.417. The number of benzene rings is 1. The van der Waals surface area contributed by atoms with Crippen molar-refractivity contribution in [1.29, 1.82) is 0 Å². The Morgan fingerprint density at radius 3 is 2.47 bits per heavy atom. The average molecular weight is 240 g/mol. The van der Waals surface area contributed by atoms with Gasteiger partial charge in [0.25, 0.3) is 0 Å². The van der Waals surface area contributed by atoms with Gasteiger partial charge in [0, 0.05) is 6.61 Å². The monoisotopic (exact) mass is 240 g/mol. The molecule has 94 valence electrons. The molecule has 0 amide bonds. The van der Waals surface area contributed by atoms with E-state index in [4.69, 9.17) is 14.4 Å². The second-order valence-electron chi connectivity index (χ2n) is 3.12. The minimum atomic E-state index is -0.538. The highest BCUT2D eigenvalue weighted by molar-refractivity contribution is 5.89. The van der Waals surface area contributed by atoms with Gasteiger partial charge in [-0.25, -0.2) is 4.79 Å². The third kappa shape index (κ3) is 4.84. The lowest BCUT2D eigenvalue weighted by molar-refractivity contribution is -0.247. The Balaban J connectivity index is 2.31. The Labute approximate surface area is 100 Å². The molecule has 0 atom stereocenters. The summed E-state index contributed by atoms with van der Waals surface area (Å²) in [6.45, 7) is 3.10. The summed E-state index contributed by atoms with van der Waals surface area (Å²) in [6.07, 6.45) is 0. The number of hydrogen-bond donors (Lipinski definition) is 0. The molecule has 0 aliphatic heterocycles. The van der Waals surface area contributed by atoms with Crippen LogP contribution < -0.4 is 4.74 Å². The molecule has 0 unspecified atom stereocenters. The molecule has 0 saturated carbocycles. The van der Waals surface area contributed by atoms with Crippen molar-refractivity contribution in [3.05, 3.63) is 29.8 Å². The summed E-state index contributed by atoms with van der Waals surface area (Å²) in [5, 5.41) is 0. The summed E-state index contributed by atoms with van der Waals surface area (Å²) < 4.78 is 9.99. The summed E-state index contributed by atoms with van der Waals surface area (Å²) in [5.74, 6) is 0.142. The molecule has 0 radical (unpaired) electrons. The van der Waals surface area contributed by atoms with Gasteiger partial charge < -0.3 is 9.47 Å². The highest BCUT2D eigenvalue weighted by atomic mass is 17.2. The molecule has 0 heterocycles. The van der Waals surface area contributed by atoms with E-state index in [1.807, 2.05) is 6.92 Å². The summed E-state index contributed by atoms with van der Waals surface area (Å²) >= 11 is 0. The molecular formula is C12H16O5. The lowest BCUT2D eigenvalue weighted by atomic mass is 10.2. The van der Waals surface area contributed by atoms with Crippen molar-refractivity contribution in [2.75, 3.05) is 26.9 Å². The van der Waals surface area contributed by atoms with Gasteiger partial charge in [0.15, 0.2) is 0 Å². The lowest BCUT2D eigenvalue weighted by Crippen LogP contribution is -2.10. The molecule has 1 aromatic carbocycles. The molecule has 5 heteroatoms. The van der Waals surface area contributed by atoms with E-state index in [1.54, 1.807) is 31.4 Å². The van der Waals surface area contributed by atoms with E-state index in [2.05, 4.69) is 4.89 Å². The number of carbonyl (C=O) groups is 1. The Hall–Kier alpha value is -1.59. The zero-order valence-corrected chi connectivity index (χ0v) is 9.97. The summed E-state index contributed by atoms with van der Waals surface area (Å²) in [5.41, 5.74) is 0.405. The van der Waals surface area contributed by atoms with Gasteiger partial charge in [0.05, 0.1) is 19.3 Å². The first-order chi connectivity index (χ1) is 8.27. The van der Waals surface area contributed by atoms with Crippen LogP contribution in [0.4, 0.5) is 0 Å². The van der Waals surface area contributed by atoms with E-state index in [0.717, 1.165) is 0 Å². The first kappa shape index (κ1) is 13.5. The quantitative estimate of drug-likeness (QED) is 0.413. The minimum absolute atomic E-state index is 0.218. The number of ether oxygens (including phenoxy) is 2. The van der Waals surface area contributed by atoms with Crippen LogP contribution in [0.5, 0.6) is 5.75 Å². The standard InChI is InChI=1S/C12H16O5/c1-3-15-8-9-16-17-12(13)10-4-6-11(14-2)7-5-10/h4-7H,3,8-9H2,1-2H3. The van der Waals surface area contributed by atoms with Gasteiger partial charge in [-0.05, 0) is 31.2 Å². The fourth-order valence-corrected chi connectivity index (χ4v) is 1.11. The van der Waals surface area contributed by atoms with Crippen LogP contribution in [0, 0.1) is 0 Å². The van der Waals surface area contributed by atoms with Gasteiger partial charge in [-0.2, -0.15) is 4.89 Å². The maximum Gasteiger partial charge on any atom is 0.373 e. The predicted octanol–water partition coefficient (Wildman–Crippen LogP) is 1.82. The fourth-order valence-electron chi connectivity index (χ4n) is 1.11. The van der Waals surface area contributed by atoms with Gasteiger partial charge in [0.2, 0.25) is 0 Å². The number of hydrogen-bond acceptors (Lipinski definition) is 5. The van der Waals surface area contributed by atoms with Gasteiger partial charge in [-0.15, -0.1) is 0 Å². The normalized spacial score (nSPS) is 10.0. The molecule has 0 aliphatic rings. The van der Waals surface area contributed by atoms with E-state index in [0.29, 0.717) is 24.5 Å². The van der Waals surface area contributed by atoms with Crippen LogP contribution in [0.1, 0.15) is 17.3 Å². The molecule has 0 aromatic heterocycles. The lowest BCUT2D eigenvalue weighted by Gasteiger charge is -2.04. The third-order valence-corrected chi connectivity index (χ3v) is 1.98. The maximum atomic E-state index is 11.4. The molecule has 0 saturated heterocycles. The molecule has 0 aliphatic carbocycles. The zero-order chi connectivity index (χ0) is 12.5. The first-order valence-corrected chi connectivity index (χ1v) is 5.33. The second kappa shape index (κ2) is 7.65. The highest BCUT2D eigenvalue weighted by Gasteiger charge is 2.07. The zero-order valence-electron chi connectivity index (χ0n) is 9.97. The van der Waals surface area contributed by atoms with Gasteiger partial charge in [0.1, 0.15) is 12.4 Å². The van der Waals surface area contributed by atoms with Crippen LogP contribution in [0.2, 0.25) is 0 Å². The van der Waals surface area contributed by atoms with Crippen LogP contribution in [0.25, 0.3) is 0 Å².